The van der Waals surface area contributed by atoms with Gasteiger partial charge in [0, 0.05) is 25.6 Å². The topological polar surface area (TPSA) is 87.0 Å². The molecular formula is C21H29ClN4O3. The number of anilines is 1. The maximum Gasteiger partial charge on any atom is 0.258 e. The van der Waals surface area contributed by atoms with E-state index in [1.807, 2.05) is 24.0 Å². The van der Waals surface area contributed by atoms with Crippen molar-refractivity contribution in [3.05, 3.63) is 29.8 Å². The van der Waals surface area contributed by atoms with Crippen LogP contribution in [0.2, 0.25) is 0 Å². The Morgan fingerprint density at radius 3 is 2.59 bits per heavy atom. The molecule has 1 aromatic rings. The lowest BCUT2D eigenvalue weighted by molar-refractivity contribution is -0.136. The van der Waals surface area contributed by atoms with Crippen LogP contribution in [0, 0.1) is 5.41 Å². The van der Waals surface area contributed by atoms with Crippen LogP contribution in [-0.2, 0) is 9.59 Å². The summed E-state index contributed by atoms with van der Waals surface area (Å²) in [5.74, 6) is -0.288. The quantitative estimate of drug-likeness (QED) is 0.792. The highest BCUT2D eigenvalue weighted by Crippen LogP contribution is 2.44. The molecular weight excluding hydrogens is 392 g/mol. The van der Waals surface area contributed by atoms with Gasteiger partial charge >= 0.3 is 0 Å². The Kier molecular flexibility index (Phi) is 5.43. The van der Waals surface area contributed by atoms with Gasteiger partial charge in [-0.1, -0.05) is 26.0 Å². The predicted octanol–water partition coefficient (Wildman–Crippen LogP) is 1.99. The molecule has 2 saturated heterocycles. The summed E-state index contributed by atoms with van der Waals surface area (Å²) in [5, 5.41) is 0. The summed E-state index contributed by atoms with van der Waals surface area (Å²) in [6.45, 7) is 7.16. The minimum absolute atomic E-state index is 0. The first-order valence-electron chi connectivity index (χ1n) is 9.92. The van der Waals surface area contributed by atoms with Gasteiger partial charge in [-0.2, -0.15) is 0 Å². The van der Waals surface area contributed by atoms with Crippen molar-refractivity contribution >= 4 is 35.8 Å². The van der Waals surface area contributed by atoms with Crippen molar-refractivity contribution in [2.24, 2.45) is 11.1 Å². The van der Waals surface area contributed by atoms with Crippen LogP contribution in [0.3, 0.4) is 0 Å². The molecule has 0 saturated carbocycles. The van der Waals surface area contributed by atoms with Crippen LogP contribution < -0.4 is 10.6 Å². The molecule has 158 valence electrons. The molecule has 2 fully saturated rings. The van der Waals surface area contributed by atoms with Crippen molar-refractivity contribution in [2.75, 3.05) is 24.5 Å². The fraction of sp³-hybridized carbons (Fsp3) is 0.571. The lowest BCUT2D eigenvalue weighted by Crippen LogP contribution is -2.64. The number of likely N-dealkylation sites (tertiary alicyclic amines) is 1. The number of hydrogen-bond donors (Lipinski definition) is 1. The number of nitrogens with zero attached hydrogens (tertiary/aromatic N) is 3. The normalized spacial score (nSPS) is 28.0. The van der Waals surface area contributed by atoms with Crippen LogP contribution in [0.15, 0.2) is 24.3 Å². The van der Waals surface area contributed by atoms with Crippen molar-refractivity contribution in [3.8, 4) is 0 Å². The second kappa shape index (κ2) is 7.29. The van der Waals surface area contributed by atoms with Crippen molar-refractivity contribution in [2.45, 2.75) is 51.7 Å². The molecule has 3 amide bonds. The molecule has 0 radical (unpaired) electrons. The van der Waals surface area contributed by atoms with E-state index in [1.165, 1.54) is 0 Å². The van der Waals surface area contributed by atoms with Gasteiger partial charge in [0.15, 0.2) is 0 Å². The molecule has 3 heterocycles. The largest absolute Gasteiger partial charge is 0.341 e. The van der Waals surface area contributed by atoms with Crippen LogP contribution >= 0.6 is 12.4 Å². The number of para-hydroxylation sites is 1. The van der Waals surface area contributed by atoms with Crippen LogP contribution in [0.1, 0.15) is 50.4 Å². The fourth-order valence-electron chi connectivity index (χ4n) is 4.76. The van der Waals surface area contributed by atoms with Crippen molar-refractivity contribution in [3.63, 3.8) is 0 Å². The molecule has 2 atom stereocenters. The molecule has 0 spiro atoms. The van der Waals surface area contributed by atoms with Gasteiger partial charge in [-0.05, 0) is 37.3 Å². The maximum absolute atomic E-state index is 13.3. The van der Waals surface area contributed by atoms with Crippen molar-refractivity contribution in [1.82, 2.24) is 9.80 Å². The first-order valence-corrected chi connectivity index (χ1v) is 9.92. The van der Waals surface area contributed by atoms with E-state index in [0.29, 0.717) is 37.2 Å². The van der Waals surface area contributed by atoms with Crippen LogP contribution in [-0.4, -0.2) is 58.9 Å². The molecule has 0 aliphatic carbocycles. The molecule has 2 N–H and O–H groups in total. The average molecular weight is 421 g/mol. The summed E-state index contributed by atoms with van der Waals surface area (Å²) < 4.78 is 0. The Labute approximate surface area is 177 Å². The Hall–Kier alpha value is -2.12. The number of carbonyl (C=O) groups excluding carboxylic acids is 3. The van der Waals surface area contributed by atoms with E-state index in [2.05, 4.69) is 13.8 Å². The van der Waals surface area contributed by atoms with E-state index in [1.54, 1.807) is 21.9 Å². The third-order valence-corrected chi connectivity index (χ3v) is 6.70. The van der Waals surface area contributed by atoms with E-state index >= 15 is 0 Å². The van der Waals surface area contributed by atoms with Gasteiger partial charge in [0.05, 0.1) is 11.3 Å². The maximum atomic E-state index is 13.3. The smallest absolute Gasteiger partial charge is 0.258 e. The second-order valence-electron chi connectivity index (χ2n) is 9.05. The summed E-state index contributed by atoms with van der Waals surface area (Å²) in [6, 6.07) is 7.21. The zero-order chi connectivity index (χ0) is 20.3. The summed E-state index contributed by atoms with van der Waals surface area (Å²) in [6.07, 6.45) is 1.64. The van der Waals surface area contributed by atoms with E-state index in [9.17, 15) is 14.4 Å². The molecule has 3 aliphatic rings. The number of nitrogens with two attached hydrogens (primary N) is 1. The standard InChI is InChI=1S/C21H28N4O3.ClH/c1-20(2)13-23(11-9-16(20)22)18(27)12-24-19(28)14-6-4-5-7-15(14)25-17(26)8-10-21(24,25)3;/h4-7,16H,8-13,22H2,1-3H3;1H. The number of rotatable bonds is 2. The number of carbonyl (C=O) groups is 3. The summed E-state index contributed by atoms with van der Waals surface area (Å²) >= 11 is 0. The lowest BCUT2D eigenvalue weighted by Gasteiger charge is -2.49. The molecule has 8 heteroatoms. The average Bonchev–Trinajstić information content (AvgIpc) is 2.96. The Bertz CT molecular complexity index is 858. The number of piperidine rings is 1. The Morgan fingerprint density at radius 2 is 1.90 bits per heavy atom. The molecule has 1 aromatic carbocycles. The van der Waals surface area contributed by atoms with Gasteiger partial charge in [0.25, 0.3) is 5.91 Å². The van der Waals surface area contributed by atoms with E-state index < -0.39 is 5.66 Å². The first-order chi connectivity index (χ1) is 13.1. The zero-order valence-electron chi connectivity index (χ0n) is 17.2. The number of fused-ring (bicyclic) bond motifs is 3. The van der Waals surface area contributed by atoms with Gasteiger partial charge in [0.2, 0.25) is 11.8 Å². The summed E-state index contributed by atoms with van der Waals surface area (Å²) in [7, 11) is 0. The molecule has 4 rings (SSSR count). The highest BCUT2D eigenvalue weighted by atomic mass is 35.5. The first kappa shape index (κ1) is 21.6. The molecule has 3 aliphatic heterocycles. The van der Waals surface area contributed by atoms with E-state index in [-0.39, 0.29) is 48.1 Å². The fourth-order valence-corrected chi connectivity index (χ4v) is 4.76. The number of halogens is 1. The molecule has 2 unspecified atom stereocenters. The van der Waals surface area contributed by atoms with Gasteiger partial charge < -0.3 is 15.5 Å². The monoisotopic (exact) mass is 420 g/mol. The summed E-state index contributed by atoms with van der Waals surface area (Å²) in [5.41, 5.74) is 6.35. The van der Waals surface area contributed by atoms with Crippen LogP contribution in [0.25, 0.3) is 0 Å². The summed E-state index contributed by atoms with van der Waals surface area (Å²) in [4.78, 5) is 44.1. The van der Waals surface area contributed by atoms with Gasteiger partial charge in [-0.15, -0.1) is 12.4 Å². The number of benzene rings is 1. The highest BCUT2D eigenvalue weighted by molar-refractivity contribution is 6.11. The minimum Gasteiger partial charge on any atom is -0.341 e. The third-order valence-electron chi connectivity index (χ3n) is 6.70. The highest BCUT2D eigenvalue weighted by Gasteiger charge is 2.53. The van der Waals surface area contributed by atoms with Crippen molar-refractivity contribution in [1.29, 1.82) is 0 Å². The molecule has 29 heavy (non-hydrogen) atoms. The minimum atomic E-state index is -0.806. The SMILES string of the molecule is CC1(C)CN(C(=O)CN2C(=O)c3ccccc3N3C(=O)CCC23C)CCC1N.Cl. The zero-order valence-corrected chi connectivity index (χ0v) is 18.0. The van der Waals surface area contributed by atoms with Gasteiger partial charge in [-0.3, -0.25) is 19.3 Å². The predicted molar refractivity (Wildman–Crippen MR) is 113 cm³/mol. The van der Waals surface area contributed by atoms with Crippen LogP contribution in [0.4, 0.5) is 5.69 Å². The van der Waals surface area contributed by atoms with E-state index in [4.69, 9.17) is 5.73 Å². The van der Waals surface area contributed by atoms with E-state index in [0.717, 1.165) is 6.42 Å². The molecule has 0 bridgehead atoms. The molecule has 7 nitrogen and oxygen atoms in total. The van der Waals surface area contributed by atoms with Crippen LogP contribution in [0.5, 0.6) is 0 Å². The van der Waals surface area contributed by atoms with Crippen molar-refractivity contribution < 1.29 is 14.4 Å². The van der Waals surface area contributed by atoms with Gasteiger partial charge in [-0.25, -0.2) is 0 Å². The number of amides is 3. The Morgan fingerprint density at radius 1 is 1.21 bits per heavy atom. The lowest BCUT2D eigenvalue weighted by atomic mass is 9.79. The second-order valence-corrected chi connectivity index (χ2v) is 9.05. The molecule has 0 aromatic heterocycles. The van der Waals surface area contributed by atoms with Gasteiger partial charge in [0.1, 0.15) is 12.2 Å². The number of hydrogen-bond acceptors (Lipinski definition) is 4. The third kappa shape index (κ3) is 3.30. The Balaban J connectivity index is 0.00000240.